The number of hydrogen-bond acceptors (Lipinski definition) is 5. The lowest BCUT2D eigenvalue weighted by Gasteiger charge is -2.35. The van der Waals surface area contributed by atoms with Crippen LogP contribution in [-0.4, -0.2) is 56.7 Å². The molecule has 0 N–H and O–H groups in total. The van der Waals surface area contributed by atoms with Gasteiger partial charge in [-0.05, 0) is 31.2 Å². The Bertz CT molecular complexity index is 1060. The Balaban J connectivity index is 1.44. The van der Waals surface area contributed by atoms with Crippen LogP contribution in [0.15, 0.2) is 48.9 Å². The summed E-state index contributed by atoms with van der Waals surface area (Å²) in [6.07, 6.45) is -1.21. The summed E-state index contributed by atoms with van der Waals surface area (Å²) in [4.78, 5) is 24.8. The zero-order valence-electron chi connectivity index (χ0n) is 16.2. The highest BCUT2D eigenvalue weighted by Crippen LogP contribution is 2.30. The van der Waals surface area contributed by atoms with E-state index in [-0.39, 0.29) is 5.56 Å². The van der Waals surface area contributed by atoms with Gasteiger partial charge in [-0.1, -0.05) is 6.07 Å². The van der Waals surface area contributed by atoms with Gasteiger partial charge in [0.25, 0.3) is 5.91 Å². The molecule has 0 bridgehead atoms. The van der Waals surface area contributed by atoms with Gasteiger partial charge in [0.2, 0.25) is 0 Å². The lowest BCUT2D eigenvalue weighted by molar-refractivity contribution is -0.137. The third kappa shape index (κ3) is 4.12. The minimum absolute atomic E-state index is 0.0386. The summed E-state index contributed by atoms with van der Waals surface area (Å²) in [5, 5.41) is 4.34. The first kappa shape index (κ1) is 19.9. The van der Waals surface area contributed by atoms with Gasteiger partial charge in [-0.15, -0.1) is 0 Å². The number of carbonyl (C=O) groups is 1. The van der Waals surface area contributed by atoms with Crippen LogP contribution < -0.4 is 4.90 Å². The molecule has 156 valence electrons. The normalized spacial score (nSPS) is 14.8. The molecule has 0 saturated carbocycles. The van der Waals surface area contributed by atoms with Crippen molar-refractivity contribution in [3.63, 3.8) is 0 Å². The van der Waals surface area contributed by atoms with Crippen molar-refractivity contribution in [1.82, 2.24) is 24.6 Å². The molecule has 30 heavy (non-hydrogen) atoms. The highest BCUT2D eigenvalue weighted by molar-refractivity contribution is 5.94. The molecule has 1 aliphatic heterocycles. The van der Waals surface area contributed by atoms with E-state index >= 15 is 0 Å². The van der Waals surface area contributed by atoms with E-state index in [1.54, 1.807) is 9.58 Å². The fourth-order valence-electron chi connectivity index (χ4n) is 3.33. The minimum atomic E-state index is -4.48. The lowest BCUT2D eigenvalue weighted by Crippen LogP contribution is -2.49. The third-order valence-corrected chi connectivity index (χ3v) is 4.92. The van der Waals surface area contributed by atoms with Gasteiger partial charge in [0.1, 0.15) is 12.1 Å². The Morgan fingerprint density at radius 2 is 1.73 bits per heavy atom. The number of halogens is 3. The smallest absolute Gasteiger partial charge is 0.353 e. The second kappa shape index (κ2) is 7.77. The van der Waals surface area contributed by atoms with Crippen molar-refractivity contribution >= 4 is 11.7 Å². The van der Waals surface area contributed by atoms with Crippen molar-refractivity contribution in [2.45, 2.75) is 13.1 Å². The number of carbonyl (C=O) groups excluding carboxylic acids is 1. The lowest BCUT2D eigenvalue weighted by atomic mass is 10.1. The van der Waals surface area contributed by atoms with E-state index in [0.29, 0.717) is 37.8 Å². The molecule has 4 rings (SSSR count). The molecule has 1 aliphatic rings. The molecule has 0 radical (unpaired) electrons. The summed E-state index contributed by atoms with van der Waals surface area (Å²) in [6.45, 7) is 3.68. The summed E-state index contributed by atoms with van der Waals surface area (Å²) in [6, 6.07) is 8.22. The van der Waals surface area contributed by atoms with Crippen LogP contribution >= 0.6 is 0 Å². The molecule has 0 aliphatic carbocycles. The maximum Gasteiger partial charge on any atom is 0.416 e. The number of nitrogens with zero attached hydrogens (tertiary/aromatic N) is 6. The van der Waals surface area contributed by atoms with Gasteiger partial charge in [-0.25, -0.2) is 14.6 Å². The molecule has 1 fully saturated rings. The zero-order chi connectivity index (χ0) is 21.3. The number of aromatic nitrogens is 4. The first-order valence-corrected chi connectivity index (χ1v) is 9.37. The average molecular weight is 416 g/mol. The summed E-state index contributed by atoms with van der Waals surface area (Å²) in [7, 11) is 0. The molecule has 0 atom stereocenters. The number of piperazine rings is 1. The highest BCUT2D eigenvalue weighted by atomic mass is 19.4. The van der Waals surface area contributed by atoms with Crippen LogP contribution in [0.4, 0.5) is 19.0 Å². The Hall–Kier alpha value is -3.43. The topological polar surface area (TPSA) is 67.2 Å². The van der Waals surface area contributed by atoms with E-state index in [1.807, 2.05) is 30.2 Å². The molecule has 1 aromatic carbocycles. The standard InChI is InChI=1S/C20H19F3N6O/c1-14-5-6-29(26-14)18-12-17(24-13-25-18)27-7-9-28(10-8-27)19(30)15-3-2-4-16(11-15)20(21,22)23/h2-6,11-13H,7-10H2,1H3. The maximum atomic E-state index is 12.9. The Labute approximate surface area is 170 Å². The van der Waals surface area contributed by atoms with E-state index in [2.05, 4.69) is 15.1 Å². The predicted octanol–water partition coefficient (Wildman–Crippen LogP) is 2.95. The molecule has 3 heterocycles. The second-order valence-corrected chi connectivity index (χ2v) is 6.99. The second-order valence-electron chi connectivity index (χ2n) is 6.99. The van der Waals surface area contributed by atoms with Crippen LogP contribution in [0, 0.1) is 6.92 Å². The quantitative estimate of drug-likeness (QED) is 0.657. The van der Waals surface area contributed by atoms with Crippen molar-refractivity contribution < 1.29 is 18.0 Å². The van der Waals surface area contributed by atoms with Gasteiger partial charge >= 0.3 is 6.18 Å². The average Bonchev–Trinajstić information content (AvgIpc) is 3.19. The van der Waals surface area contributed by atoms with E-state index in [4.69, 9.17) is 0 Å². The maximum absolute atomic E-state index is 12.9. The van der Waals surface area contributed by atoms with Gasteiger partial charge in [0.15, 0.2) is 5.82 Å². The highest BCUT2D eigenvalue weighted by Gasteiger charge is 2.31. The van der Waals surface area contributed by atoms with E-state index in [1.165, 1.54) is 18.5 Å². The SMILES string of the molecule is Cc1ccn(-c2cc(N3CCN(C(=O)c4cccc(C(F)(F)F)c4)CC3)ncn2)n1. The molecule has 1 saturated heterocycles. The molecule has 0 spiro atoms. The Morgan fingerprint density at radius 1 is 1.00 bits per heavy atom. The Kier molecular flexibility index (Phi) is 5.15. The number of amides is 1. The van der Waals surface area contributed by atoms with E-state index in [9.17, 15) is 18.0 Å². The van der Waals surface area contributed by atoms with Gasteiger partial charge in [0, 0.05) is 44.0 Å². The molecule has 1 amide bonds. The number of hydrogen-bond donors (Lipinski definition) is 0. The number of alkyl halides is 3. The van der Waals surface area contributed by atoms with Crippen LogP contribution in [0.25, 0.3) is 5.82 Å². The molecule has 3 aromatic rings. The van der Waals surface area contributed by atoms with E-state index in [0.717, 1.165) is 17.8 Å². The summed E-state index contributed by atoms with van der Waals surface area (Å²) in [5.74, 6) is 0.936. The molecule has 2 aromatic heterocycles. The number of anilines is 1. The molecular formula is C20H19F3N6O. The van der Waals surface area contributed by atoms with Crippen LogP contribution in [-0.2, 0) is 6.18 Å². The third-order valence-electron chi connectivity index (χ3n) is 4.92. The fraction of sp³-hybridized carbons (Fsp3) is 0.300. The minimum Gasteiger partial charge on any atom is -0.353 e. The van der Waals surface area contributed by atoms with Crippen molar-refractivity contribution in [3.8, 4) is 5.82 Å². The number of rotatable bonds is 3. The summed E-state index contributed by atoms with van der Waals surface area (Å²) >= 11 is 0. The monoisotopic (exact) mass is 416 g/mol. The first-order chi connectivity index (χ1) is 14.3. The van der Waals surface area contributed by atoms with Gasteiger partial charge in [-0.3, -0.25) is 4.79 Å². The summed E-state index contributed by atoms with van der Waals surface area (Å²) < 4.78 is 40.4. The largest absolute Gasteiger partial charge is 0.416 e. The molecule has 10 heteroatoms. The molecule has 7 nitrogen and oxygen atoms in total. The van der Waals surface area contributed by atoms with Crippen LogP contribution in [0.2, 0.25) is 0 Å². The van der Waals surface area contributed by atoms with Gasteiger partial charge < -0.3 is 9.80 Å². The van der Waals surface area contributed by atoms with Crippen LogP contribution in [0.5, 0.6) is 0 Å². The van der Waals surface area contributed by atoms with Gasteiger partial charge in [-0.2, -0.15) is 18.3 Å². The first-order valence-electron chi connectivity index (χ1n) is 9.37. The van der Waals surface area contributed by atoms with E-state index < -0.39 is 17.6 Å². The Morgan fingerprint density at radius 3 is 2.40 bits per heavy atom. The van der Waals surface area contributed by atoms with Crippen LogP contribution in [0.3, 0.4) is 0 Å². The van der Waals surface area contributed by atoms with Crippen LogP contribution in [0.1, 0.15) is 21.6 Å². The van der Waals surface area contributed by atoms with Gasteiger partial charge in [0.05, 0.1) is 11.3 Å². The van der Waals surface area contributed by atoms with Crippen molar-refractivity contribution in [2.75, 3.05) is 31.1 Å². The fourth-order valence-corrected chi connectivity index (χ4v) is 3.33. The number of benzene rings is 1. The molecular weight excluding hydrogens is 397 g/mol. The van der Waals surface area contributed by atoms with Crippen molar-refractivity contribution in [2.24, 2.45) is 0 Å². The predicted molar refractivity (Wildman–Crippen MR) is 103 cm³/mol. The summed E-state index contributed by atoms with van der Waals surface area (Å²) in [5.41, 5.74) is 0.0860. The van der Waals surface area contributed by atoms with Crippen molar-refractivity contribution in [3.05, 3.63) is 65.7 Å². The zero-order valence-corrected chi connectivity index (χ0v) is 16.2. The number of aryl methyl sites for hydroxylation is 1. The molecule has 0 unspecified atom stereocenters. The van der Waals surface area contributed by atoms with Crippen molar-refractivity contribution in [1.29, 1.82) is 0 Å².